The molecule has 2 N–H and O–H groups in total. The monoisotopic (exact) mass is 426 g/mol. The Balaban J connectivity index is 1.57. The van der Waals surface area contributed by atoms with Crippen molar-refractivity contribution in [1.29, 1.82) is 0 Å². The topological polar surface area (TPSA) is 92.3 Å². The molecule has 2 aliphatic heterocycles. The van der Waals surface area contributed by atoms with E-state index in [9.17, 15) is 19.2 Å². The van der Waals surface area contributed by atoms with Gasteiger partial charge >= 0.3 is 0 Å². The second-order valence-corrected chi connectivity index (χ2v) is 7.37. The van der Waals surface area contributed by atoms with Crippen molar-refractivity contribution >= 4 is 58.0 Å². The van der Waals surface area contributed by atoms with Gasteiger partial charge in [-0.15, -0.1) is 0 Å². The summed E-state index contributed by atoms with van der Waals surface area (Å²) in [7, 11) is 0. The molecule has 0 bridgehead atoms. The van der Waals surface area contributed by atoms with Crippen LogP contribution >= 0.6 is 23.2 Å². The lowest BCUT2D eigenvalue weighted by molar-refractivity contribution is -0.124. The summed E-state index contributed by atoms with van der Waals surface area (Å²) in [6.07, 6.45) is 2.95. The maximum atomic E-state index is 11.8. The lowest BCUT2D eigenvalue weighted by atomic mass is 9.98. The third-order valence-electron chi connectivity index (χ3n) is 4.57. The van der Waals surface area contributed by atoms with Gasteiger partial charge in [0, 0.05) is 33.3 Å². The number of nitrogens with one attached hydrogen (secondary N) is 2. The minimum Gasteiger partial charge on any atom is -0.289 e. The van der Waals surface area contributed by atoms with Crippen LogP contribution in [0.4, 0.5) is 0 Å². The summed E-state index contributed by atoms with van der Waals surface area (Å²) in [5, 5.41) is 5.09. The largest absolute Gasteiger partial charge is 0.289 e. The van der Waals surface area contributed by atoms with Crippen molar-refractivity contribution in [3.05, 3.63) is 80.8 Å². The van der Waals surface area contributed by atoms with Crippen LogP contribution in [0.2, 0.25) is 10.0 Å². The highest BCUT2D eigenvalue weighted by Gasteiger charge is 2.25. The molecule has 0 fully saturated rings. The van der Waals surface area contributed by atoms with Crippen LogP contribution < -0.4 is 10.6 Å². The van der Waals surface area contributed by atoms with Gasteiger partial charge in [-0.05, 0) is 29.7 Å². The van der Waals surface area contributed by atoms with Crippen LogP contribution in [0.5, 0.6) is 0 Å². The Morgan fingerprint density at radius 1 is 0.655 bits per heavy atom. The summed E-state index contributed by atoms with van der Waals surface area (Å²) in [4.78, 5) is 46.3. The lowest BCUT2D eigenvalue weighted by Crippen LogP contribution is -2.21. The van der Waals surface area contributed by atoms with Crippen LogP contribution in [-0.4, -0.2) is 23.6 Å². The van der Waals surface area contributed by atoms with Crippen LogP contribution in [0.1, 0.15) is 22.3 Å². The van der Waals surface area contributed by atoms with Crippen molar-refractivity contribution in [2.45, 2.75) is 6.42 Å². The van der Waals surface area contributed by atoms with Crippen molar-refractivity contribution in [3.63, 3.8) is 0 Å². The van der Waals surface area contributed by atoms with E-state index in [0.29, 0.717) is 27.6 Å². The van der Waals surface area contributed by atoms with Gasteiger partial charge in [0.15, 0.2) is 0 Å². The zero-order valence-electron chi connectivity index (χ0n) is 14.7. The highest BCUT2D eigenvalue weighted by Crippen LogP contribution is 2.30. The molecular formula is C21H12Cl2N2O4. The van der Waals surface area contributed by atoms with Gasteiger partial charge in [0.25, 0.3) is 23.6 Å². The van der Waals surface area contributed by atoms with Crippen molar-refractivity contribution in [2.24, 2.45) is 0 Å². The molecule has 4 rings (SSSR count). The summed E-state index contributed by atoms with van der Waals surface area (Å²) < 4.78 is 0. The maximum Gasteiger partial charge on any atom is 0.258 e. The molecule has 0 aliphatic carbocycles. The van der Waals surface area contributed by atoms with Crippen LogP contribution in [0.3, 0.4) is 0 Å². The van der Waals surface area contributed by atoms with E-state index in [0.717, 1.165) is 11.1 Å². The Morgan fingerprint density at radius 3 is 1.38 bits per heavy atom. The second kappa shape index (κ2) is 7.31. The first-order valence-corrected chi connectivity index (χ1v) is 9.29. The highest BCUT2D eigenvalue weighted by molar-refractivity contribution is 6.39. The minimum atomic E-state index is -0.476. The second-order valence-electron chi connectivity index (χ2n) is 6.56. The minimum absolute atomic E-state index is 0.233. The number of carbonyl (C=O) groups is 4. The molecule has 0 aromatic heterocycles. The van der Waals surface area contributed by atoms with E-state index in [1.54, 1.807) is 24.3 Å². The van der Waals surface area contributed by atoms with Crippen LogP contribution in [0, 0.1) is 0 Å². The summed E-state index contributed by atoms with van der Waals surface area (Å²) in [5.41, 5.74) is 3.18. The number of rotatable bonds is 4. The highest BCUT2D eigenvalue weighted by atomic mass is 35.5. The molecule has 0 saturated heterocycles. The van der Waals surface area contributed by atoms with Crippen LogP contribution in [-0.2, 0) is 25.6 Å². The van der Waals surface area contributed by atoms with E-state index in [2.05, 4.69) is 10.6 Å². The molecule has 2 aromatic rings. The van der Waals surface area contributed by atoms with Gasteiger partial charge in [-0.2, -0.15) is 0 Å². The molecule has 0 radical (unpaired) electrons. The number of amides is 4. The Hall–Kier alpha value is -3.22. The number of hydrogen-bond acceptors (Lipinski definition) is 4. The Kier molecular flexibility index (Phi) is 4.82. The number of halogens is 2. The van der Waals surface area contributed by atoms with E-state index in [4.69, 9.17) is 23.2 Å². The number of hydrogen-bond donors (Lipinski definition) is 2. The summed E-state index contributed by atoms with van der Waals surface area (Å²) in [6, 6.07) is 10.5. The fraction of sp³-hybridized carbons (Fsp3) is 0.0476. The summed E-state index contributed by atoms with van der Waals surface area (Å²) >= 11 is 12.6. The van der Waals surface area contributed by atoms with Crippen LogP contribution in [0.25, 0.3) is 11.1 Å². The molecule has 0 unspecified atom stereocenters. The van der Waals surface area contributed by atoms with E-state index < -0.39 is 23.6 Å². The Bertz CT molecular complexity index is 1090. The van der Waals surface area contributed by atoms with Gasteiger partial charge in [0.2, 0.25) is 0 Å². The van der Waals surface area contributed by atoms with Crippen molar-refractivity contribution in [3.8, 4) is 0 Å². The molecule has 144 valence electrons. The predicted molar refractivity (Wildman–Crippen MR) is 108 cm³/mol. The van der Waals surface area contributed by atoms with Gasteiger partial charge < -0.3 is 0 Å². The first-order valence-electron chi connectivity index (χ1n) is 8.53. The molecule has 0 spiro atoms. The van der Waals surface area contributed by atoms with Crippen LogP contribution in [0.15, 0.2) is 48.6 Å². The van der Waals surface area contributed by atoms with Gasteiger partial charge in [-0.1, -0.05) is 47.5 Å². The third kappa shape index (κ3) is 3.72. The fourth-order valence-electron chi connectivity index (χ4n) is 3.23. The smallest absolute Gasteiger partial charge is 0.258 e. The molecule has 2 aliphatic rings. The molecule has 0 saturated carbocycles. The SMILES string of the molecule is O=C1C=C(c2ccc(Cc3ccc(C4=CC(=O)NC4=O)c(Cl)c3)cc2Cl)C(=O)N1. The molecule has 2 aromatic carbocycles. The predicted octanol–water partition coefficient (Wildman–Crippen LogP) is 2.66. The molecule has 2 heterocycles. The van der Waals surface area contributed by atoms with E-state index in [1.165, 1.54) is 12.2 Å². The third-order valence-corrected chi connectivity index (χ3v) is 5.19. The lowest BCUT2D eigenvalue weighted by Gasteiger charge is -2.09. The zero-order chi connectivity index (χ0) is 20.7. The normalized spacial score (nSPS) is 15.9. The van der Waals surface area contributed by atoms with Crippen molar-refractivity contribution in [1.82, 2.24) is 10.6 Å². The van der Waals surface area contributed by atoms with Gasteiger partial charge in [0.05, 0.1) is 11.1 Å². The van der Waals surface area contributed by atoms with Gasteiger partial charge in [-0.3, -0.25) is 29.8 Å². The van der Waals surface area contributed by atoms with E-state index in [1.807, 2.05) is 12.1 Å². The quantitative estimate of drug-likeness (QED) is 0.734. The van der Waals surface area contributed by atoms with Gasteiger partial charge in [0.1, 0.15) is 0 Å². The maximum absolute atomic E-state index is 11.8. The first-order chi connectivity index (χ1) is 13.8. The van der Waals surface area contributed by atoms with Gasteiger partial charge in [-0.25, -0.2) is 0 Å². The summed E-state index contributed by atoms with van der Waals surface area (Å²) in [5.74, 6) is -1.88. The van der Waals surface area contributed by atoms with Crippen molar-refractivity contribution in [2.75, 3.05) is 0 Å². The average Bonchev–Trinajstić information content (AvgIpc) is 3.15. The molecule has 8 heteroatoms. The Morgan fingerprint density at radius 2 is 1.07 bits per heavy atom. The van der Waals surface area contributed by atoms with E-state index >= 15 is 0 Å². The number of imide groups is 2. The molecular weight excluding hydrogens is 415 g/mol. The first kappa shape index (κ1) is 19.1. The number of benzene rings is 2. The molecule has 0 atom stereocenters. The molecule has 6 nitrogen and oxygen atoms in total. The Labute approximate surface area is 175 Å². The van der Waals surface area contributed by atoms with E-state index in [-0.39, 0.29) is 11.1 Å². The molecule has 29 heavy (non-hydrogen) atoms. The summed E-state index contributed by atoms with van der Waals surface area (Å²) in [6.45, 7) is 0. The molecule has 4 amide bonds. The zero-order valence-corrected chi connectivity index (χ0v) is 16.2. The fourth-order valence-corrected chi connectivity index (χ4v) is 3.84. The standard InChI is InChI=1S/C21H12Cl2N2O4/c22-16-6-10(1-3-12(16)14-8-18(26)24-20(14)28)5-11-2-4-13(17(23)7-11)15-9-19(27)25-21(15)29/h1-4,6-9H,5H2,(H,24,26,28)(H,25,27,29). The number of carbonyl (C=O) groups excluding carboxylic acids is 4. The average molecular weight is 427 g/mol. The van der Waals surface area contributed by atoms with Crippen molar-refractivity contribution < 1.29 is 19.2 Å².